The number of hydrogen-bond acceptors (Lipinski definition) is 2. The van der Waals surface area contributed by atoms with Gasteiger partial charge in [0.05, 0.1) is 6.42 Å². The fraction of sp³-hybridized carbons (Fsp3) is 0.300. The van der Waals surface area contributed by atoms with Crippen molar-refractivity contribution in [3.05, 3.63) is 71.5 Å². The predicted molar refractivity (Wildman–Crippen MR) is 93.6 cm³/mol. The highest BCUT2D eigenvalue weighted by atomic mass is 19.1. The van der Waals surface area contributed by atoms with Crippen molar-refractivity contribution in [2.75, 3.05) is 26.2 Å². The highest BCUT2D eigenvalue weighted by Crippen LogP contribution is 2.11. The Morgan fingerprint density at radius 3 is 2.20 bits per heavy atom. The molecule has 1 aliphatic rings. The molecule has 0 saturated carbocycles. The van der Waals surface area contributed by atoms with E-state index in [2.05, 4.69) is 0 Å². The Kier molecular flexibility index (Phi) is 5.43. The molecule has 0 N–H and O–H groups in total. The SMILES string of the molecule is O=C(Cc1ccc(F)cc1)N1CCCN(C(=O)c2ccccc2)CC1. The van der Waals surface area contributed by atoms with Crippen LogP contribution < -0.4 is 0 Å². The lowest BCUT2D eigenvalue weighted by molar-refractivity contribution is -0.130. The van der Waals surface area contributed by atoms with Gasteiger partial charge < -0.3 is 9.80 Å². The lowest BCUT2D eigenvalue weighted by Gasteiger charge is -2.22. The Balaban J connectivity index is 1.58. The highest BCUT2D eigenvalue weighted by Gasteiger charge is 2.22. The lowest BCUT2D eigenvalue weighted by Crippen LogP contribution is -2.38. The number of hydrogen-bond donors (Lipinski definition) is 0. The quantitative estimate of drug-likeness (QED) is 0.862. The van der Waals surface area contributed by atoms with E-state index in [9.17, 15) is 14.0 Å². The fourth-order valence-electron chi connectivity index (χ4n) is 3.02. The van der Waals surface area contributed by atoms with Crippen LogP contribution in [0, 0.1) is 5.82 Å². The van der Waals surface area contributed by atoms with Crippen LogP contribution in [0.3, 0.4) is 0 Å². The van der Waals surface area contributed by atoms with Crippen molar-refractivity contribution >= 4 is 11.8 Å². The molecule has 1 aliphatic heterocycles. The summed E-state index contributed by atoms with van der Waals surface area (Å²) in [7, 11) is 0. The van der Waals surface area contributed by atoms with Gasteiger partial charge in [0.1, 0.15) is 5.82 Å². The van der Waals surface area contributed by atoms with Gasteiger partial charge in [-0.25, -0.2) is 4.39 Å². The summed E-state index contributed by atoms with van der Waals surface area (Å²) in [6.45, 7) is 2.34. The summed E-state index contributed by atoms with van der Waals surface area (Å²) in [6.07, 6.45) is 1.01. The molecule has 1 fully saturated rings. The Morgan fingerprint density at radius 2 is 1.48 bits per heavy atom. The zero-order valence-corrected chi connectivity index (χ0v) is 14.0. The topological polar surface area (TPSA) is 40.6 Å². The largest absolute Gasteiger partial charge is 0.341 e. The van der Waals surface area contributed by atoms with Crippen LogP contribution in [0.2, 0.25) is 0 Å². The molecule has 4 nitrogen and oxygen atoms in total. The normalized spacial score (nSPS) is 14.9. The molecule has 0 spiro atoms. The van der Waals surface area contributed by atoms with Crippen LogP contribution in [-0.4, -0.2) is 47.8 Å². The van der Waals surface area contributed by atoms with Crippen LogP contribution in [0.5, 0.6) is 0 Å². The molecule has 0 atom stereocenters. The van der Waals surface area contributed by atoms with Crippen LogP contribution in [-0.2, 0) is 11.2 Å². The molecule has 0 radical (unpaired) electrons. The second-order valence-electron chi connectivity index (χ2n) is 6.20. The molecule has 25 heavy (non-hydrogen) atoms. The summed E-state index contributed by atoms with van der Waals surface area (Å²) in [5.74, 6) is -0.282. The molecule has 3 rings (SSSR count). The van der Waals surface area contributed by atoms with Gasteiger partial charge in [-0.2, -0.15) is 0 Å². The molecule has 0 bridgehead atoms. The van der Waals surface area contributed by atoms with E-state index >= 15 is 0 Å². The molecule has 130 valence electrons. The third-order valence-electron chi connectivity index (χ3n) is 4.43. The average Bonchev–Trinajstić information content (AvgIpc) is 2.90. The minimum Gasteiger partial charge on any atom is -0.341 e. The van der Waals surface area contributed by atoms with Crippen LogP contribution >= 0.6 is 0 Å². The van der Waals surface area contributed by atoms with Crippen molar-refractivity contribution in [3.8, 4) is 0 Å². The van der Waals surface area contributed by atoms with Gasteiger partial charge in [0.15, 0.2) is 0 Å². The highest BCUT2D eigenvalue weighted by molar-refractivity contribution is 5.94. The number of carbonyl (C=O) groups is 2. The number of rotatable bonds is 3. The monoisotopic (exact) mass is 340 g/mol. The van der Waals surface area contributed by atoms with Crippen molar-refractivity contribution in [1.82, 2.24) is 9.80 Å². The molecule has 0 aliphatic carbocycles. The van der Waals surface area contributed by atoms with Gasteiger partial charge in [-0.1, -0.05) is 30.3 Å². The van der Waals surface area contributed by atoms with E-state index in [1.165, 1.54) is 12.1 Å². The van der Waals surface area contributed by atoms with Crippen LogP contribution in [0.1, 0.15) is 22.3 Å². The predicted octanol–water partition coefficient (Wildman–Crippen LogP) is 2.74. The Morgan fingerprint density at radius 1 is 0.840 bits per heavy atom. The van der Waals surface area contributed by atoms with Gasteiger partial charge in [-0.15, -0.1) is 0 Å². The third kappa shape index (κ3) is 4.44. The molecule has 1 heterocycles. The van der Waals surface area contributed by atoms with Crippen molar-refractivity contribution in [2.24, 2.45) is 0 Å². The first kappa shape index (κ1) is 17.1. The van der Waals surface area contributed by atoms with E-state index in [0.29, 0.717) is 31.7 Å². The van der Waals surface area contributed by atoms with Crippen LogP contribution in [0.25, 0.3) is 0 Å². The summed E-state index contributed by atoms with van der Waals surface area (Å²) in [6, 6.07) is 15.2. The maximum Gasteiger partial charge on any atom is 0.253 e. The first-order chi connectivity index (χ1) is 12.1. The Labute approximate surface area is 146 Å². The number of carbonyl (C=O) groups excluding carboxylic acids is 2. The van der Waals surface area contributed by atoms with E-state index in [-0.39, 0.29) is 24.1 Å². The first-order valence-electron chi connectivity index (χ1n) is 8.50. The Hall–Kier alpha value is -2.69. The molecule has 0 aromatic heterocycles. The summed E-state index contributed by atoms with van der Waals surface area (Å²) in [5, 5.41) is 0. The second kappa shape index (κ2) is 7.92. The van der Waals surface area contributed by atoms with Gasteiger partial charge in [-0.05, 0) is 36.2 Å². The number of nitrogens with zero attached hydrogens (tertiary/aromatic N) is 2. The molecule has 2 amide bonds. The molecule has 1 saturated heterocycles. The number of halogens is 1. The van der Waals surface area contributed by atoms with Crippen molar-refractivity contribution in [1.29, 1.82) is 0 Å². The van der Waals surface area contributed by atoms with Gasteiger partial charge >= 0.3 is 0 Å². The molecule has 2 aromatic carbocycles. The third-order valence-corrected chi connectivity index (χ3v) is 4.43. The van der Waals surface area contributed by atoms with Gasteiger partial charge in [0.25, 0.3) is 5.91 Å². The van der Waals surface area contributed by atoms with Crippen molar-refractivity contribution in [2.45, 2.75) is 12.8 Å². The first-order valence-corrected chi connectivity index (χ1v) is 8.50. The zero-order chi connectivity index (χ0) is 17.6. The number of benzene rings is 2. The minimum absolute atomic E-state index is 0.00781. The van der Waals surface area contributed by atoms with E-state index < -0.39 is 0 Å². The summed E-state index contributed by atoms with van der Waals surface area (Å²) in [5.41, 5.74) is 1.47. The van der Waals surface area contributed by atoms with E-state index in [0.717, 1.165) is 12.0 Å². The van der Waals surface area contributed by atoms with Crippen molar-refractivity contribution in [3.63, 3.8) is 0 Å². The van der Waals surface area contributed by atoms with Crippen LogP contribution in [0.4, 0.5) is 4.39 Å². The Bertz CT molecular complexity index is 731. The molecule has 2 aromatic rings. The average molecular weight is 340 g/mol. The smallest absolute Gasteiger partial charge is 0.253 e. The van der Waals surface area contributed by atoms with Crippen LogP contribution in [0.15, 0.2) is 54.6 Å². The maximum atomic E-state index is 13.0. The maximum absolute atomic E-state index is 13.0. The van der Waals surface area contributed by atoms with E-state index in [1.54, 1.807) is 21.9 Å². The lowest BCUT2D eigenvalue weighted by atomic mass is 10.1. The van der Waals surface area contributed by atoms with Crippen molar-refractivity contribution < 1.29 is 14.0 Å². The van der Waals surface area contributed by atoms with Gasteiger partial charge in [-0.3, -0.25) is 9.59 Å². The molecule has 0 unspecified atom stereocenters. The fourth-order valence-corrected chi connectivity index (χ4v) is 3.02. The zero-order valence-electron chi connectivity index (χ0n) is 14.0. The van der Waals surface area contributed by atoms with E-state index in [4.69, 9.17) is 0 Å². The molecular weight excluding hydrogens is 319 g/mol. The van der Waals surface area contributed by atoms with Gasteiger partial charge in [0.2, 0.25) is 5.91 Å². The molecule has 5 heteroatoms. The van der Waals surface area contributed by atoms with E-state index in [1.807, 2.05) is 30.3 Å². The second-order valence-corrected chi connectivity index (χ2v) is 6.20. The standard InChI is InChI=1S/C20H21FN2O2/c21-18-9-7-16(8-10-18)15-19(24)22-11-4-12-23(14-13-22)20(25)17-5-2-1-3-6-17/h1-3,5-10H,4,11-15H2. The number of amides is 2. The summed E-state index contributed by atoms with van der Waals surface area (Å²) in [4.78, 5) is 28.6. The summed E-state index contributed by atoms with van der Waals surface area (Å²) < 4.78 is 13.0. The van der Waals surface area contributed by atoms with Gasteiger partial charge in [0, 0.05) is 31.7 Å². The molecular formula is C20H21FN2O2. The summed E-state index contributed by atoms with van der Waals surface area (Å²) >= 11 is 0. The minimum atomic E-state index is -0.305.